The van der Waals surface area contributed by atoms with Gasteiger partial charge < -0.3 is 11.1 Å². The highest BCUT2D eigenvalue weighted by molar-refractivity contribution is 8.01. The van der Waals surface area contributed by atoms with Gasteiger partial charge in [0.15, 0.2) is 10.1 Å². The summed E-state index contributed by atoms with van der Waals surface area (Å²) < 4.78 is 0.610. The highest BCUT2D eigenvalue weighted by Crippen LogP contribution is 2.51. The second-order valence-electron chi connectivity index (χ2n) is 10.2. The van der Waals surface area contributed by atoms with E-state index in [9.17, 15) is 14.9 Å². The van der Waals surface area contributed by atoms with E-state index in [1.165, 1.54) is 40.0 Å². The molecule has 11 heteroatoms. The molecule has 5 rings (SSSR count). The molecule has 0 saturated carbocycles. The lowest BCUT2D eigenvalue weighted by Gasteiger charge is -2.42. The molecule has 0 radical (unpaired) electrons. The van der Waals surface area contributed by atoms with Crippen LogP contribution >= 0.6 is 34.4 Å². The highest BCUT2D eigenvalue weighted by atomic mass is 32.2. The summed E-state index contributed by atoms with van der Waals surface area (Å²) >= 11 is 4.10. The summed E-state index contributed by atoms with van der Waals surface area (Å²) in [6.07, 6.45) is 1.78. The van der Waals surface area contributed by atoms with Crippen molar-refractivity contribution in [2.45, 2.75) is 43.4 Å². The topological polar surface area (TPSA) is 125 Å². The first-order valence-electron chi connectivity index (χ1n) is 12.5. The van der Waals surface area contributed by atoms with Crippen molar-refractivity contribution in [1.29, 1.82) is 5.26 Å². The van der Waals surface area contributed by atoms with Gasteiger partial charge >= 0.3 is 0 Å². The summed E-state index contributed by atoms with van der Waals surface area (Å²) in [6, 6.07) is 16.1. The number of nitrogens with two attached hydrogens (primary N) is 1. The van der Waals surface area contributed by atoms with Gasteiger partial charge in [-0.3, -0.25) is 14.5 Å². The molecule has 1 aliphatic heterocycles. The molecule has 3 heterocycles. The van der Waals surface area contributed by atoms with Gasteiger partial charge in [0.1, 0.15) is 5.82 Å². The standard InChI is InChI=1S/C28H28N6O2S3/c1-28(2)13-19-24(20(35)14-28)23(21-9-6-12-37-21)18(15-29)25(30)34(19)26-32-33-27(39-26)38-16-22(36)31-11-10-17-7-4-3-5-8-17/h3-9,12,23H,10-11,13-14,16,30H2,1-2H3,(H,31,36). The van der Waals surface area contributed by atoms with Gasteiger partial charge in [0.05, 0.1) is 23.3 Å². The van der Waals surface area contributed by atoms with Crippen molar-refractivity contribution in [2.75, 3.05) is 17.2 Å². The Hall–Kier alpha value is -3.46. The molecule has 0 spiro atoms. The number of thiophene rings is 1. The average Bonchev–Trinajstić information content (AvgIpc) is 3.59. The molecule has 1 amide bonds. The van der Waals surface area contributed by atoms with E-state index in [1.807, 2.05) is 47.8 Å². The van der Waals surface area contributed by atoms with Crippen LogP contribution in [0.3, 0.4) is 0 Å². The van der Waals surface area contributed by atoms with E-state index in [0.717, 1.165) is 17.0 Å². The molecule has 1 aromatic carbocycles. The van der Waals surface area contributed by atoms with Crippen LogP contribution < -0.4 is 16.0 Å². The summed E-state index contributed by atoms with van der Waals surface area (Å²) in [6.45, 7) is 4.68. The van der Waals surface area contributed by atoms with Gasteiger partial charge in [-0.15, -0.1) is 21.5 Å². The van der Waals surface area contributed by atoms with Crippen molar-refractivity contribution in [3.05, 3.63) is 80.9 Å². The number of nitrogens with zero attached hydrogens (tertiary/aromatic N) is 4. The van der Waals surface area contributed by atoms with Gasteiger partial charge in [-0.1, -0.05) is 73.3 Å². The number of hydrogen-bond donors (Lipinski definition) is 2. The van der Waals surface area contributed by atoms with Gasteiger partial charge in [0.25, 0.3) is 0 Å². The van der Waals surface area contributed by atoms with Crippen LogP contribution in [-0.4, -0.2) is 34.2 Å². The Morgan fingerprint density at radius 1 is 1.23 bits per heavy atom. The maximum absolute atomic E-state index is 13.5. The molecular formula is C28H28N6O2S3. The summed E-state index contributed by atoms with van der Waals surface area (Å²) in [5, 5.41) is 24.2. The molecule has 8 nitrogen and oxygen atoms in total. The molecule has 0 saturated heterocycles. The van der Waals surface area contributed by atoms with Crippen LogP contribution in [0.15, 0.2) is 74.8 Å². The number of aromatic nitrogens is 2. The Morgan fingerprint density at radius 3 is 2.74 bits per heavy atom. The SMILES string of the molecule is CC1(C)CC(=O)C2=C(C1)N(c1nnc(SCC(=O)NCCc3ccccc3)s1)C(N)=C(C#N)C2c1cccs1. The fourth-order valence-electron chi connectivity index (χ4n) is 4.99. The molecule has 0 bridgehead atoms. The van der Waals surface area contributed by atoms with E-state index in [-0.39, 0.29) is 28.7 Å². The van der Waals surface area contributed by atoms with E-state index in [2.05, 4.69) is 35.4 Å². The minimum Gasteiger partial charge on any atom is -0.384 e. The van der Waals surface area contributed by atoms with Crippen LogP contribution in [0.5, 0.6) is 0 Å². The zero-order valence-corrected chi connectivity index (χ0v) is 24.1. The number of rotatable bonds is 8. The fourth-order valence-corrected chi connectivity index (χ4v) is 7.54. The van der Waals surface area contributed by atoms with Crippen LogP contribution in [0.2, 0.25) is 0 Å². The number of carbonyl (C=O) groups is 2. The lowest BCUT2D eigenvalue weighted by atomic mass is 9.70. The number of hydrogen-bond acceptors (Lipinski definition) is 10. The van der Waals surface area contributed by atoms with Gasteiger partial charge in [0, 0.05) is 29.1 Å². The molecule has 3 N–H and O–H groups in total. The van der Waals surface area contributed by atoms with E-state index < -0.39 is 5.92 Å². The number of nitrogens with one attached hydrogen (secondary N) is 1. The van der Waals surface area contributed by atoms with Crippen LogP contribution in [0.4, 0.5) is 5.13 Å². The molecule has 200 valence electrons. The third kappa shape index (κ3) is 5.78. The monoisotopic (exact) mass is 576 g/mol. The third-order valence-electron chi connectivity index (χ3n) is 6.70. The second kappa shape index (κ2) is 11.3. The predicted molar refractivity (Wildman–Crippen MR) is 155 cm³/mol. The minimum absolute atomic E-state index is 0.0242. The molecule has 39 heavy (non-hydrogen) atoms. The Labute approximate surface area is 239 Å². The van der Waals surface area contributed by atoms with Gasteiger partial charge in [-0.05, 0) is 35.3 Å². The molecule has 1 unspecified atom stereocenters. The number of Topliss-reactive ketones (excluding diaryl/α,β-unsaturated/α-hetero) is 1. The summed E-state index contributed by atoms with van der Waals surface area (Å²) in [5.74, 6) is -0.0629. The normalized spacial score (nSPS) is 18.6. The molecule has 1 aliphatic carbocycles. The quantitative estimate of drug-likeness (QED) is 0.359. The molecule has 2 aliphatic rings. The first-order chi connectivity index (χ1) is 18.8. The first kappa shape index (κ1) is 27.1. The predicted octanol–water partition coefficient (Wildman–Crippen LogP) is 4.99. The van der Waals surface area contributed by atoms with Crippen molar-refractivity contribution in [3.63, 3.8) is 0 Å². The Balaban J connectivity index is 1.36. The number of allylic oxidation sites excluding steroid dienone is 3. The lowest BCUT2D eigenvalue weighted by molar-refractivity contribution is -0.119. The number of ketones is 1. The lowest BCUT2D eigenvalue weighted by Crippen LogP contribution is -2.42. The minimum atomic E-state index is -0.480. The van der Waals surface area contributed by atoms with E-state index in [4.69, 9.17) is 5.73 Å². The van der Waals surface area contributed by atoms with E-state index >= 15 is 0 Å². The number of benzene rings is 1. The number of amides is 1. The maximum atomic E-state index is 13.5. The van der Waals surface area contributed by atoms with Crippen LogP contribution in [-0.2, 0) is 16.0 Å². The third-order valence-corrected chi connectivity index (χ3v) is 9.68. The van der Waals surface area contributed by atoms with E-state index in [0.29, 0.717) is 40.0 Å². The summed E-state index contributed by atoms with van der Waals surface area (Å²) in [4.78, 5) is 28.6. The number of thioether (sulfide) groups is 1. The van der Waals surface area contributed by atoms with Gasteiger partial charge in [0.2, 0.25) is 11.0 Å². The zero-order valence-electron chi connectivity index (χ0n) is 21.6. The zero-order chi connectivity index (χ0) is 27.6. The van der Waals surface area contributed by atoms with Gasteiger partial charge in [-0.25, -0.2) is 0 Å². The fraction of sp³-hybridized carbons (Fsp3) is 0.321. The smallest absolute Gasteiger partial charge is 0.230 e. The van der Waals surface area contributed by atoms with Crippen LogP contribution in [0.25, 0.3) is 0 Å². The van der Waals surface area contributed by atoms with Crippen LogP contribution in [0.1, 0.15) is 43.0 Å². The van der Waals surface area contributed by atoms with Gasteiger partial charge in [-0.2, -0.15) is 5.26 Å². The van der Waals surface area contributed by atoms with Crippen molar-refractivity contribution < 1.29 is 9.59 Å². The summed E-state index contributed by atoms with van der Waals surface area (Å²) in [5.41, 5.74) is 9.28. The Kier molecular flexibility index (Phi) is 7.88. The van der Waals surface area contributed by atoms with Crippen LogP contribution in [0, 0.1) is 16.7 Å². The molecule has 2 aromatic heterocycles. The number of nitriles is 1. The Bertz CT molecular complexity index is 1480. The molecule has 1 atom stereocenters. The van der Waals surface area contributed by atoms with E-state index in [1.54, 1.807) is 4.90 Å². The van der Waals surface area contributed by atoms with Crippen molar-refractivity contribution >= 4 is 51.3 Å². The van der Waals surface area contributed by atoms with Crippen molar-refractivity contribution in [1.82, 2.24) is 15.5 Å². The largest absolute Gasteiger partial charge is 0.384 e. The second-order valence-corrected chi connectivity index (χ2v) is 13.4. The Morgan fingerprint density at radius 2 is 2.03 bits per heavy atom. The summed E-state index contributed by atoms with van der Waals surface area (Å²) in [7, 11) is 0. The van der Waals surface area contributed by atoms with Crippen molar-refractivity contribution in [2.24, 2.45) is 11.1 Å². The number of carbonyl (C=O) groups excluding carboxylic acids is 2. The molecular weight excluding hydrogens is 549 g/mol. The highest BCUT2D eigenvalue weighted by Gasteiger charge is 2.45. The average molecular weight is 577 g/mol. The van der Waals surface area contributed by atoms with Crippen molar-refractivity contribution in [3.8, 4) is 6.07 Å². The molecule has 0 fully saturated rings. The first-order valence-corrected chi connectivity index (χ1v) is 15.2. The molecule has 3 aromatic rings. The number of anilines is 1. The maximum Gasteiger partial charge on any atom is 0.230 e.